The second-order valence-electron chi connectivity index (χ2n) is 6.88. The molecule has 0 aliphatic carbocycles. The van der Waals surface area contributed by atoms with Crippen LogP contribution in [-0.2, 0) is 11.3 Å². The van der Waals surface area contributed by atoms with Crippen LogP contribution in [0, 0.1) is 5.92 Å². The third-order valence-corrected chi connectivity index (χ3v) is 5.01. The molecule has 3 rings (SSSR count). The number of carboxylic acids is 1. The number of rotatable bonds is 8. The molecule has 4 nitrogen and oxygen atoms in total. The number of allylic oxidation sites excluding steroid dienone is 2. The number of nitrogens with zero attached hydrogens (tertiary/aromatic N) is 2. The van der Waals surface area contributed by atoms with Crippen LogP contribution in [0.4, 0.5) is 0 Å². The van der Waals surface area contributed by atoms with E-state index in [9.17, 15) is 4.79 Å². The van der Waals surface area contributed by atoms with Crippen LogP contribution in [0.1, 0.15) is 44.3 Å². The number of carboxylic acid groups (broad SMARTS) is 1. The molecule has 0 saturated carbocycles. The van der Waals surface area contributed by atoms with E-state index in [0.717, 1.165) is 25.9 Å². The van der Waals surface area contributed by atoms with Crippen LogP contribution in [0.5, 0.6) is 0 Å². The molecule has 2 unspecified atom stereocenters. The molecule has 0 radical (unpaired) electrons. The van der Waals surface area contributed by atoms with Crippen molar-refractivity contribution < 1.29 is 40.9 Å². The van der Waals surface area contributed by atoms with Gasteiger partial charge in [0.25, 0.3) is 0 Å². The van der Waals surface area contributed by atoms with Crippen LogP contribution in [0.25, 0.3) is 0 Å². The molecule has 1 aromatic heterocycles. The zero-order valence-corrected chi connectivity index (χ0v) is 18.0. The molecule has 2 heterocycles. The Morgan fingerprint density at radius 1 is 1.22 bits per heavy atom. The van der Waals surface area contributed by atoms with E-state index in [2.05, 4.69) is 52.4 Å². The van der Waals surface area contributed by atoms with Gasteiger partial charge in [-0.15, -0.1) is 0 Å². The van der Waals surface area contributed by atoms with E-state index >= 15 is 0 Å². The molecule has 1 saturated heterocycles. The maximum atomic E-state index is 10.6. The first kappa shape index (κ1) is 21.8. The topological polar surface area (TPSA) is 53.4 Å². The maximum Gasteiger partial charge on any atom is 1.00 e. The summed E-state index contributed by atoms with van der Waals surface area (Å²) in [6, 6.07) is 15.1. The molecule has 138 valence electrons. The van der Waals surface area contributed by atoms with Crippen molar-refractivity contribution >= 4 is 5.97 Å². The van der Waals surface area contributed by atoms with Crippen LogP contribution >= 0.6 is 0 Å². The Hall–Kier alpha value is -1.46. The predicted molar refractivity (Wildman–Crippen MR) is 104 cm³/mol. The minimum absolute atomic E-state index is 0. The minimum atomic E-state index is -0.738. The van der Waals surface area contributed by atoms with Gasteiger partial charge in [-0.05, 0) is 48.9 Å². The smallest absolute Gasteiger partial charge is 1.00 e. The molecule has 0 amide bonds. The largest absolute Gasteiger partial charge is 1.00 e. The normalized spacial score (nSPS) is 19.9. The molecule has 0 spiro atoms. The van der Waals surface area contributed by atoms with E-state index in [1.54, 1.807) is 0 Å². The van der Waals surface area contributed by atoms with E-state index < -0.39 is 5.97 Å². The predicted octanol–water partition coefficient (Wildman–Crippen LogP) is 1.57. The van der Waals surface area contributed by atoms with Gasteiger partial charge in [-0.25, -0.2) is 0 Å². The number of carbonyl (C=O) groups is 1. The zero-order chi connectivity index (χ0) is 18.2. The molecule has 27 heavy (non-hydrogen) atoms. The monoisotopic (exact) mass is 374 g/mol. The zero-order valence-electron chi connectivity index (χ0n) is 17.0. The Kier molecular flexibility index (Phi) is 9.22. The number of pyridine rings is 1. The summed E-state index contributed by atoms with van der Waals surface area (Å²) in [5.74, 6) is -0.207. The van der Waals surface area contributed by atoms with Crippen molar-refractivity contribution in [3.63, 3.8) is 0 Å². The van der Waals surface area contributed by atoms with Crippen molar-refractivity contribution in [1.29, 1.82) is 0 Å². The van der Waals surface area contributed by atoms with Crippen LogP contribution in [-0.4, -0.2) is 27.5 Å². The number of hydrogen-bond donors (Lipinski definition) is 1. The third kappa shape index (κ3) is 6.58. The minimum Gasteiger partial charge on any atom is -1.00 e. The van der Waals surface area contributed by atoms with Crippen molar-refractivity contribution in [3.05, 3.63) is 78.1 Å². The Morgan fingerprint density at radius 2 is 2.04 bits per heavy atom. The fourth-order valence-corrected chi connectivity index (χ4v) is 3.80. The molecule has 2 aromatic rings. The van der Waals surface area contributed by atoms with Gasteiger partial charge < -0.3 is 6.53 Å². The average Bonchev–Trinajstić information content (AvgIpc) is 3.05. The summed E-state index contributed by atoms with van der Waals surface area (Å²) in [7, 11) is 0. The number of benzene rings is 1. The molecule has 1 aliphatic heterocycles. The van der Waals surface area contributed by atoms with E-state index in [0.29, 0.717) is 18.4 Å². The summed E-state index contributed by atoms with van der Waals surface area (Å²) >= 11 is 0. The van der Waals surface area contributed by atoms with E-state index in [-0.39, 0.29) is 37.4 Å². The van der Waals surface area contributed by atoms with Gasteiger partial charge in [-0.2, -0.15) is 0 Å². The van der Waals surface area contributed by atoms with Crippen molar-refractivity contribution in [2.45, 2.75) is 38.3 Å². The molecule has 1 fully saturated rings. The molecule has 0 bridgehead atoms. The maximum absolute atomic E-state index is 10.6. The molecule has 1 aliphatic rings. The number of aliphatic carboxylic acids is 1. The summed E-state index contributed by atoms with van der Waals surface area (Å²) in [5, 5.41) is 8.74. The Balaban J connectivity index is 0.00000196. The van der Waals surface area contributed by atoms with Crippen LogP contribution in [0.2, 0.25) is 0 Å². The Morgan fingerprint density at radius 3 is 2.74 bits per heavy atom. The first-order valence-corrected chi connectivity index (χ1v) is 9.28. The molecular weight excluding hydrogens is 347 g/mol. The first-order valence-electron chi connectivity index (χ1n) is 9.28. The van der Waals surface area contributed by atoms with Crippen LogP contribution < -0.4 is 29.6 Å². The van der Waals surface area contributed by atoms with Gasteiger partial charge in [0.1, 0.15) is 0 Å². The summed E-state index contributed by atoms with van der Waals surface area (Å²) in [6.45, 7) is 2.02. The molecule has 5 heteroatoms. The average molecular weight is 374 g/mol. The number of likely N-dealkylation sites (tertiary alicyclic amines) is 1. The summed E-state index contributed by atoms with van der Waals surface area (Å²) in [6.07, 6.45) is 10.9. The van der Waals surface area contributed by atoms with Crippen LogP contribution in [0.3, 0.4) is 0 Å². The van der Waals surface area contributed by atoms with Gasteiger partial charge in [-0.3, -0.25) is 14.7 Å². The molecule has 2 atom stereocenters. The van der Waals surface area contributed by atoms with Crippen molar-refractivity contribution in [2.75, 3.05) is 6.54 Å². The van der Waals surface area contributed by atoms with Gasteiger partial charge in [0, 0.05) is 31.4 Å². The second-order valence-corrected chi connectivity index (χ2v) is 6.88. The van der Waals surface area contributed by atoms with Crippen molar-refractivity contribution in [2.24, 2.45) is 5.92 Å². The summed E-state index contributed by atoms with van der Waals surface area (Å²) < 4.78 is 0. The summed E-state index contributed by atoms with van der Waals surface area (Å²) in [5.41, 5.74) is 2.60. The van der Waals surface area contributed by atoms with Gasteiger partial charge in [-0.1, -0.05) is 48.6 Å². The second kappa shape index (κ2) is 11.4. The standard InChI is InChI=1S/C22H26N2O2.Na.H/c25-21(26)12-6-2-5-10-19-13-15-24(17-18-8-3-1-4-9-18)22(19)20-11-7-14-23-16-20;;/h1-5,7-9,11,14,16,19,22H,6,10,12-13,15,17H2,(H,25,26);;/q;+1;-1/b5-2-;;. The number of aromatic nitrogens is 1. The first-order chi connectivity index (χ1) is 12.7. The fraction of sp³-hybridized carbons (Fsp3) is 0.364. The summed E-state index contributed by atoms with van der Waals surface area (Å²) in [4.78, 5) is 17.5. The van der Waals surface area contributed by atoms with Gasteiger partial charge in [0.2, 0.25) is 0 Å². The third-order valence-electron chi connectivity index (χ3n) is 5.01. The van der Waals surface area contributed by atoms with Gasteiger partial charge in [0.15, 0.2) is 0 Å². The van der Waals surface area contributed by atoms with Crippen molar-refractivity contribution in [3.8, 4) is 0 Å². The molecule has 1 aromatic carbocycles. The Labute approximate surface area is 185 Å². The number of hydrogen-bond acceptors (Lipinski definition) is 3. The van der Waals surface area contributed by atoms with Gasteiger partial charge >= 0.3 is 35.5 Å². The van der Waals surface area contributed by atoms with E-state index in [4.69, 9.17) is 5.11 Å². The fourth-order valence-electron chi connectivity index (χ4n) is 3.80. The van der Waals surface area contributed by atoms with Gasteiger partial charge in [0.05, 0.1) is 0 Å². The quantitative estimate of drug-likeness (QED) is 0.563. The van der Waals surface area contributed by atoms with E-state index in [1.165, 1.54) is 11.1 Å². The SMILES string of the molecule is O=C(O)CC/C=C\CC1CCN(Cc2ccccc2)C1c1cccnc1.[H-].[Na+]. The molecular formula is C22H27N2NaO2. The molecule has 1 N–H and O–H groups in total. The van der Waals surface area contributed by atoms with Crippen LogP contribution in [0.15, 0.2) is 67.0 Å². The Bertz CT molecular complexity index is 728. The van der Waals surface area contributed by atoms with Crippen molar-refractivity contribution in [1.82, 2.24) is 9.88 Å². The van der Waals surface area contributed by atoms with E-state index in [1.807, 2.05) is 24.5 Å².